The average Bonchev–Trinajstić information content (AvgIpc) is 3.09. The number of unbranched alkanes of at least 4 members (excludes halogenated alkanes) is 2. The van der Waals surface area contributed by atoms with Crippen LogP contribution in [0, 0.1) is 56.7 Å². The van der Waals surface area contributed by atoms with E-state index in [9.17, 15) is 27.9 Å². The summed E-state index contributed by atoms with van der Waals surface area (Å²) in [6.07, 6.45) is 8.02. The number of nitrogens with one attached hydrogen (secondary N) is 1. The molecule has 3 saturated carbocycles. The van der Waals surface area contributed by atoms with Crippen LogP contribution in [-0.4, -0.2) is 81.1 Å². The highest BCUT2D eigenvalue weighted by Gasteiger charge is 2.72. The summed E-state index contributed by atoms with van der Waals surface area (Å²) in [5.74, 6) is -0.919. The molecule has 55 heavy (non-hydrogen) atoms. The quantitative estimate of drug-likeness (QED) is 0.0648. The molecule has 5 aliphatic rings. The normalized spacial score (nSPS) is 39.5. The van der Waals surface area contributed by atoms with Gasteiger partial charge in [0.25, 0.3) is 0 Å². The molecule has 4 fully saturated rings. The number of rotatable bonds is 16. The summed E-state index contributed by atoms with van der Waals surface area (Å²) in [5.41, 5.74) is 5.51. The van der Waals surface area contributed by atoms with E-state index in [4.69, 9.17) is 31.5 Å². The van der Waals surface area contributed by atoms with Crippen molar-refractivity contribution in [2.75, 3.05) is 31.4 Å². The van der Waals surface area contributed by atoms with Gasteiger partial charge in [0.1, 0.15) is 18.2 Å². The van der Waals surface area contributed by atoms with Crippen LogP contribution in [0.5, 0.6) is 0 Å². The first-order valence-corrected chi connectivity index (χ1v) is 23.0. The van der Waals surface area contributed by atoms with Gasteiger partial charge in [-0.1, -0.05) is 66.5 Å². The number of aliphatic carboxylic acids is 1. The maximum atomic E-state index is 13.7. The Kier molecular flexibility index (Phi) is 13.3. The molecule has 1 unspecified atom stereocenters. The van der Waals surface area contributed by atoms with Crippen LogP contribution in [0.25, 0.3) is 0 Å². The van der Waals surface area contributed by atoms with Crippen molar-refractivity contribution in [2.45, 2.75) is 144 Å². The van der Waals surface area contributed by atoms with Crippen LogP contribution < -0.4 is 10.5 Å². The summed E-state index contributed by atoms with van der Waals surface area (Å²) in [5, 5.41) is 11.0. The smallest absolute Gasteiger partial charge is 0.323 e. The molecule has 4 N–H and O–H groups in total. The first-order chi connectivity index (χ1) is 25.6. The predicted octanol–water partition coefficient (Wildman–Crippen LogP) is 6.85. The van der Waals surface area contributed by atoms with Crippen LogP contribution in [0.4, 0.5) is 0 Å². The molecule has 12 atom stereocenters. The fraction of sp³-hybridized carbons (Fsp3) is 0.881. The molecule has 0 aromatic heterocycles. The van der Waals surface area contributed by atoms with E-state index in [2.05, 4.69) is 59.3 Å². The summed E-state index contributed by atoms with van der Waals surface area (Å²) in [4.78, 5) is 39.8. The molecule has 0 aromatic carbocycles. The number of fused-ring (bicyclic) bond motifs is 3. The number of carbonyl (C=O) groups is 3. The minimum atomic E-state index is -3.38. The third kappa shape index (κ3) is 7.90. The van der Waals surface area contributed by atoms with Crippen molar-refractivity contribution in [3.8, 4) is 0 Å². The fourth-order valence-corrected chi connectivity index (χ4v) is 14.0. The third-order valence-electron chi connectivity index (χ3n) is 16.0. The average molecular weight is 814 g/mol. The number of halogens is 1. The van der Waals surface area contributed by atoms with E-state index in [0.717, 1.165) is 25.7 Å². The van der Waals surface area contributed by atoms with E-state index in [1.807, 2.05) is 0 Å². The summed E-state index contributed by atoms with van der Waals surface area (Å²) >= 11 is 5.66. The van der Waals surface area contributed by atoms with Gasteiger partial charge < -0.3 is 25.1 Å². The lowest BCUT2D eigenvalue weighted by Crippen LogP contribution is -2.70. The van der Waals surface area contributed by atoms with Crippen LogP contribution >= 0.6 is 11.6 Å². The lowest BCUT2D eigenvalue weighted by Gasteiger charge is -2.71. The Morgan fingerprint density at radius 3 is 2.36 bits per heavy atom. The Labute approximate surface area is 335 Å². The Morgan fingerprint density at radius 2 is 1.73 bits per heavy atom. The van der Waals surface area contributed by atoms with Crippen molar-refractivity contribution in [1.82, 2.24) is 4.72 Å². The number of ether oxygens (including phenoxy) is 3. The lowest BCUT2D eigenvalue weighted by molar-refractivity contribution is -0.263. The van der Waals surface area contributed by atoms with Crippen molar-refractivity contribution in [1.29, 1.82) is 0 Å². The molecule has 1 aliphatic heterocycles. The van der Waals surface area contributed by atoms with E-state index in [1.165, 1.54) is 12.5 Å². The molecule has 0 radical (unpaired) electrons. The van der Waals surface area contributed by atoms with Crippen molar-refractivity contribution in [3.05, 3.63) is 11.6 Å². The minimum Gasteiger partial charge on any atom is -0.481 e. The largest absolute Gasteiger partial charge is 0.481 e. The number of esters is 2. The highest BCUT2D eigenvalue weighted by Crippen LogP contribution is 2.75. The van der Waals surface area contributed by atoms with Crippen LogP contribution in [0.2, 0.25) is 0 Å². The van der Waals surface area contributed by atoms with Gasteiger partial charge in [0.2, 0.25) is 10.0 Å². The molecule has 0 spiro atoms. The van der Waals surface area contributed by atoms with Gasteiger partial charge in [-0.3, -0.25) is 14.4 Å². The number of carbonyl (C=O) groups excluding carboxylic acids is 2. The van der Waals surface area contributed by atoms with Gasteiger partial charge in [0, 0.05) is 30.2 Å². The summed E-state index contributed by atoms with van der Waals surface area (Å²) in [6.45, 7) is 18.0. The Balaban J connectivity index is 1.37. The second kappa shape index (κ2) is 16.5. The number of allylic oxidation sites excluding steroid dienone is 1. The number of carboxylic acids is 1. The molecule has 13 heteroatoms. The van der Waals surface area contributed by atoms with Crippen molar-refractivity contribution in [3.63, 3.8) is 0 Å². The molecule has 314 valence electrons. The molecule has 2 bridgehead atoms. The van der Waals surface area contributed by atoms with E-state index >= 15 is 0 Å². The monoisotopic (exact) mass is 812 g/mol. The number of hydrogen-bond acceptors (Lipinski definition) is 9. The Morgan fingerprint density at radius 1 is 1.02 bits per heavy atom. The maximum Gasteiger partial charge on any atom is 0.323 e. The van der Waals surface area contributed by atoms with E-state index in [-0.39, 0.29) is 40.9 Å². The molecule has 0 amide bonds. The van der Waals surface area contributed by atoms with Gasteiger partial charge in [-0.2, -0.15) is 0 Å². The molecule has 11 nitrogen and oxygen atoms in total. The maximum absolute atomic E-state index is 13.7. The van der Waals surface area contributed by atoms with Crippen molar-refractivity contribution < 1.29 is 42.1 Å². The second-order valence-electron chi connectivity index (χ2n) is 19.3. The molecule has 5 rings (SSSR count). The summed E-state index contributed by atoms with van der Waals surface area (Å²) < 4.78 is 45.9. The van der Waals surface area contributed by atoms with E-state index in [1.54, 1.807) is 0 Å². The third-order valence-corrected chi connectivity index (χ3v) is 17.7. The van der Waals surface area contributed by atoms with Crippen LogP contribution in [-0.2, 0) is 38.6 Å². The van der Waals surface area contributed by atoms with Crippen LogP contribution in [0.15, 0.2) is 11.6 Å². The minimum absolute atomic E-state index is 0.0281. The van der Waals surface area contributed by atoms with Crippen LogP contribution in [0.3, 0.4) is 0 Å². The molecule has 1 heterocycles. The fourth-order valence-electron chi connectivity index (χ4n) is 12.6. The Bertz CT molecular complexity index is 1590. The SMILES string of the molecule is CC(=O)O[C@@H]1C[C@@]23COC[C@@](C)([C@@H]2CC[C@H]2C3=CC[C@@]3(C)[C@H](C(=O)O)[C@@](C)([C@H](C)C(C)C)CC[C@]23C)[C@H]1OC(=O)C(N)CCCCNS(=O)(=O)CCCCCl. The number of carboxylic acid groups (broad SMARTS) is 1. The zero-order chi connectivity index (χ0) is 40.8. The van der Waals surface area contributed by atoms with Crippen molar-refractivity contribution in [2.24, 2.45) is 62.4 Å². The Hall–Kier alpha value is -1.73. The predicted molar refractivity (Wildman–Crippen MR) is 213 cm³/mol. The molecule has 1 saturated heterocycles. The number of alkyl halides is 1. The standard InChI is InChI=1S/C42H69ClN2O9S/c1-26(2)27(3)38(5)18-19-40(7)29-14-15-33-39(6)24-52-25-42(33,30(29)16-17-41(40,8)34(38)36(47)48)23-32(53-28(4)46)35(39)54-37(49)31(44)13-9-11-21-45-55(50,51)22-12-10-20-43/h16,26-27,29,31-35,45H,9-15,17-25,44H2,1-8H3,(H,47,48)/t27-,29+,31?,32-,33+,34-,35+,38-,39+,40-,41+,42+/m1/s1. The second-order valence-corrected chi connectivity index (χ2v) is 21.6. The summed E-state index contributed by atoms with van der Waals surface area (Å²) in [7, 11) is -3.38. The number of hydrogen-bond donors (Lipinski definition) is 3. The zero-order valence-electron chi connectivity index (χ0n) is 34.6. The molecular weight excluding hydrogens is 744 g/mol. The molecule has 0 aromatic rings. The van der Waals surface area contributed by atoms with Crippen molar-refractivity contribution >= 4 is 39.5 Å². The van der Waals surface area contributed by atoms with E-state index < -0.39 is 68.3 Å². The highest BCUT2D eigenvalue weighted by atomic mass is 35.5. The highest BCUT2D eigenvalue weighted by molar-refractivity contribution is 7.89. The molecular formula is C42H69ClN2O9S. The topological polar surface area (TPSA) is 171 Å². The van der Waals surface area contributed by atoms with Gasteiger partial charge in [-0.15, -0.1) is 11.6 Å². The first-order valence-electron chi connectivity index (χ1n) is 20.8. The molecule has 4 aliphatic carbocycles. The van der Waals surface area contributed by atoms with Gasteiger partial charge >= 0.3 is 17.9 Å². The number of sulfonamides is 1. The summed E-state index contributed by atoms with van der Waals surface area (Å²) in [6, 6.07) is -0.926. The van der Waals surface area contributed by atoms with E-state index in [0.29, 0.717) is 70.0 Å². The van der Waals surface area contributed by atoms with Crippen LogP contribution in [0.1, 0.15) is 126 Å². The van der Waals surface area contributed by atoms with Gasteiger partial charge in [0.15, 0.2) is 0 Å². The van der Waals surface area contributed by atoms with Gasteiger partial charge in [-0.25, -0.2) is 13.1 Å². The number of nitrogens with two attached hydrogens (primary N) is 1. The van der Waals surface area contributed by atoms with Gasteiger partial charge in [-0.05, 0) is 104 Å². The lowest BCUT2D eigenvalue weighted by atomic mass is 9.34. The van der Waals surface area contributed by atoms with Gasteiger partial charge in [0.05, 0.1) is 24.9 Å². The zero-order valence-corrected chi connectivity index (χ0v) is 36.2. The first kappa shape index (κ1) is 44.4.